The Morgan fingerprint density at radius 3 is 2.35 bits per heavy atom. The number of carbonyl (C=O) groups excluding carboxylic acids is 1. The summed E-state index contributed by atoms with van der Waals surface area (Å²) >= 11 is 0. The molecular weight excluding hydrogens is 218 g/mol. The smallest absolute Gasteiger partial charge is 0.307 e. The lowest BCUT2D eigenvalue weighted by Gasteiger charge is -2.28. The number of aliphatic carboxylic acids is 1. The van der Waals surface area contributed by atoms with E-state index in [-0.39, 0.29) is 11.8 Å². The summed E-state index contributed by atoms with van der Waals surface area (Å²) in [6, 6.07) is 0.303. The number of carboxylic acid groups (broad SMARTS) is 1. The van der Waals surface area contributed by atoms with E-state index in [1.807, 2.05) is 0 Å². The Morgan fingerprint density at radius 2 is 1.88 bits per heavy atom. The van der Waals surface area contributed by atoms with Gasteiger partial charge in [0.1, 0.15) is 0 Å². The fraction of sp³-hybridized carbons (Fsp3) is 0.846. The molecule has 4 nitrogen and oxygen atoms in total. The molecule has 2 fully saturated rings. The van der Waals surface area contributed by atoms with Crippen LogP contribution in [0.1, 0.15) is 45.4 Å². The summed E-state index contributed by atoms with van der Waals surface area (Å²) in [6.07, 6.45) is 5.65. The van der Waals surface area contributed by atoms with Gasteiger partial charge in [0.2, 0.25) is 5.91 Å². The van der Waals surface area contributed by atoms with E-state index in [1.165, 1.54) is 6.42 Å². The molecule has 2 N–H and O–H groups in total. The highest BCUT2D eigenvalue weighted by atomic mass is 16.4. The third-order valence-corrected chi connectivity index (χ3v) is 4.34. The molecular formula is C13H21NO3. The molecule has 4 heteroatoms. The Hall–Kier alpha value is -1.06. The molecule has 2 aliphatic rings. The molecule has 0 bridgehead atoms. The van der Waals surface area contributed by atoms with E-state index >= 15 is 0 Å². The monoisotopic (exact) mass is 239 g/mol. The fourth-order valence-electron chi connectivity index (χ4n) is 2.90. The van der Waals surface area contributed by atoms with Crippen molar-refractivity contribution in [3.8, 4) is 0 Å². The van der Waals surface area contributed by atoms with Crippen molar-refractivity contribution in [3.05, 3.63) is 0 Å². The lowest BCUT2D eigenvalue weighted by Crippen LogP contribution is -2.44. The first-order chi connectivity index (χ1) is 8.11. The molecule has 96 valence electrons. The quantitative estimate of drug-likeness (QED) is 0.786. The van der Waals surface area contributed by atoms with Gasteiger partial charge in [-0.05, 0) is 38.0 Å². The van der Waals surface area contributed by atoms with Crippen molar-refractivity contribution < 1.29 is 14.7 Å². The fourth-order valence-corrected chi connectivity index (χ4v) is 2.90. The average Bonchev–Trinajstić information content (AvgIpc) is 2.67. The Morgan fingerprint density at radius 1 is 1.24 bits per heavy atom. The Bertz CT molecular complexity index is 312. The van der Waals surface area contributed by atoms with Gasteiger partial charge in [-0.25, -0.2) is 0 Å². The maximum absolute atomic E-state index is 12.1. The van der Waals surface area contributed by atoms with E-state index in [0.717, 1.165) is 25.7 Å². The number of hydrogen-bond donors (Lipinski definition) is 2. The van der Waals surface area contributed by atoms with Gasteiger partial charge in [-0.2, -0.15) is 0 Å². The minimum absolute atomic E-state index is 0.0296. The number of hydrogen-bond acceptors (Lipinski definition) is 2. The molecule has 2 aliphatic carbocycles. The largest absolute Gasteiger partial charge is 0.481 e. The van der Waals surface area contributed by atoms with Crippen molar-refractivity contribution in [1.82, 2.24) is 5.32 Å². The van der Waals surface area contributed by atoms with Gasteiger partial charge in [0.05, 0.1) is 11.8 Å². The maximum atomic E-state index is 12.1. The van der Waals surface area contributed by atoms with Crippen LogP contribution >= 0.6 is 0 Å². The van der Waals surface area contributed by atoms with E-state index in [4.69, 9.17) is 0 Å². The minimum atomic E-state index is -0.810. The van der Waals surface area contributed by atoms with Gasteiger partial charge in [0.25, 0.3) is 0 Å². The SMILES string of the molecule is CCC1C[C@H](C(=O)NC2CCC2)[C@H](C(=O)O)C1. The van der Waals surface area contributed by atoms with E-state index < -0.39 is 11.9 Å². The van der Waals surface area contributed by atoms with E-state index in [0.29, 0.717) is 18.4 Å². The van der Waals surface area contributed by atoms with Crippen LogP contribution in [0.2, 0.25) is 0 Å². The molecule has 0 spiro atoms. The first-order valence-electron chi connectivity index (χ1n) is 6.65. The van der Waals surface area contributed by atoms with Crippen LogP contribution in [0.3, 0.4) is 0 Å². The molecule has 0 aromatic heterocycles. The van der Waals surface area contributed by atoms with Gasteiger partial charge < -0.3 is 10.4 Å². The Balaban J connectivity index is 1.96. The molecule has 1 unspecified atom stereocenters. The summed E-state index contributed by atoms with van der Waals surface area (Å²) in [4.78, 5) is 23.2. The van der Waals surface area contributed by atoms with Crippen LogP contribution < -0.4 is 5.32 Å². The number of amides is 1. The van der Waals surface area contributed by atoms with E-state index in [2.05, 4.69) is 12.2 Å². The highest BCUT2D eigenvalue weighted by molar-refractivity contribution is 5.85. The molecule has 2 rings (SSSR count). The van der Waals surface area contributed by atoms with Gasteiger partial charge in [-0.3, -0.25) is 9.59 Å². The van der Waals surface area contributed by atoms with Gasteiger partial charge in [0, 0.05) is 6.04 Å². The predicted molar refractivity (Wildman–Crippen MR) is 63.4 cm³/mol. The minimum Gasteiger partial charge on any atom is -0.481 e. The third-order valence-electron chi connectivity index (χ3n) is 4.34. The summed E-state index contributed by atoms with van der Waals surface area (Å²) in [6.45, 7) is 2.07. The van der Waals surface area contributed by atoms with Gasteiger partial charge in [-0.15, -0.1) is 0 Å². The molecule has 0 aliphatic heterocycles. The topological polar surface area (TPSA) is 66.4 Å². The third kappa shape index (κ3) is 2.61. The van der Waals surface area contributed by atoms with Crippen molar-refractivity contribution in [3.63, 3.8) is 0 Å². The molecule has 2 saturated carbocycles. The lowest BCUT2D eigenvalue weighted by atomic mass is 9.90. The molecule has 0 saturated heterocycles. The van der Waals surface area contributed by atoms with Crippen LogP contribution in [0.25, 0.3) is 0 Å². The second-order valence-corrected chi connectivity index (χ2v) is 5.43. The molecule has 0 aromatic rings. The highest BCUT2D eigenvalue weighted by Crippen LogP contribution is 2.38. The summed E-state index contributed by atoms with van der Waals surface area (Å²) in [5.41, 5.74) is 0. The molecule has 3 atom stereocenters. The summed E-state index contributed by atoms with van der Waals surface area (Å²) in [5, 5.41) is 12.2. The summed E-state index contributed by atoms with van der Waals surface area (Å²) in [7, 11) is 0. The number of carboxylic acids is 1. The van der Waals surface area contributed by atoms with Crippen LogP contribution in [-0.4, -0.2) is 23.0 Å². The predicted octanol–water partition coefficient (Wildman–Crippen LogP) is 1.79. The zero-order valence-corrected chi connectivity index (χ0v) is 10.3. The molecule has 0 radical (unpaired) electrons. The van der Waals surface area contributed by atoms with Crippen LogP contribution in [-0.2, 0) is 9.59 Å². The molecule has 0 aromatic carbocycles. The first-order valence-corrected chi connectivity index (χ1v) is 6.65. The lowest BCUT2D eigenvalue weighted by molar-refractivity contribution is -0.146. The van der Waals surface area contributed by atoms with Gasteiger partial charge >= 0.3 is 5.97 Å². The highest BCUT2D eigenvalue weighted by Gasteiger charge is 2.42. The van der Waals surface area contributed by atoms with Crippen molar-refractivity contribution in [2.24, 2.45) is 17.8 Å². The standard InChI is InChI=1S/C13H21NO3/c1-2-8-6-10(11(7-8)13(16)17)12(15)14-9-4-3-5-9/h8-11H,2-7H2,1H3,(H,14,15)(H,16,17)/t8?,10-,11+/m0/s1. The first kappa shape index (κ1) is 12.4. The van der Waals surface area contributed by atoms with Crippen molar-refractivity contribution in [2.45, 2.75) is 51.5 Å². The zero-order chi connectivity index (χ0) is 12.4. The normalized spacial score (nSPS) is 33.1. The maximum Gasteiger partial charge on any atom is 0.307 e. The molecule has 1 amide bonds. The Kier molecular flexibility index (Phi) is 3.69. The summed E-state index contributed by atoms with van der Waals surface area (Å²) < 4.78 is 0. The van der Waals surface area contributed by atoms with Crippen LogP contribution in [0.4, 0.5) is 0 Å². The second kappa shape index (κ2) is 5.07. The van der Waals surface area contributed by atoms with Crippen molar-refractivity contribution in [1.29, 1.82) is 0 Å². The Labute approximate surface area is 102 Å². The summed E-state index contributed by atoms with van der Waals surface area (Å²) in [5.74, 6) is -1.22. The van der Waals surface area contributed by atoms with Gasteiger partial charge in [-0.1, -0.05) is 13.3 Å². The molecule has 0 heterocycles. The second-order valence-electron chi connectivity index (χ2n) is 5.43. The van der Waals surface area contributed by atoms with Crippen LogP contribution in [0, 0.1) is 17.8 Å². The van der Waals surface area contributed by atoms with Crippen LogP contribution in [0.5, 0.6) is 0 Å². The number of carbonyl (C=O) groups is 2. The average molecular weight is 239 g/mol. The van der Waals surface area contributed by atoms with E-state index in [9.17, 15) is 14.7 Å². The molecule has 17 heavy (non-hydrogen) atoms. The van der Waals surface area contributed by atoms with Gasteiger partial charge in [0.15, 0.2) is 0 Å². The zero-order valence-electron chi connectivity index (χ0n) is 10.3. The number of nitrogens with one attached hydrogen (secondary N) is 1. The van der Waals surface area contributed by atoms with Crippen LogP contribution in [0.15, 0.2) is 0 Å². The van der Waals surface area contributed by atoms with E-state index in [1.54, 1.807) is 0 Å². The number of rotatable bonds is 4. The van der Waals surface area contributed by atoms with Crippen molar-refractivity contribution in [2.75, 3.05) is 0 Å². The van der Waals surface area contributed by atoms with Crippen molar-refractivity contribution >= 4 is 11.9 Å².